The van der Waals surface area contributed by atoms with Gasteiger partial charge in [-0.05, 0) is 24.7 Å². The molecule has 2 heterocycles. The molecule has 25 heavy (non-hydrogen) atoms. The second kappa shape index (κ2) is 10.5. The monoisotopic (exact) mass is 405 g/mol. The van der Waals surface area contributed by atoms with Crippen molar-refractivity contribution in [3.8, 4) is 22.1 Å². The van der Waals surface area contributed by atoms with Gasteiger partial charge in [0, 0.05) is 24.0 Å². The van der Waals surface area contributed by atoms with Crippen molar-refractivity contribution >= 4 is 42.1 Å². The summed E-state index contributed by atoms with van der Waals surface area (Å²) in [4.78, 5) is 16.5. The molecule has 0 fully saturated rings. The van der Waals surface area contributed by atoms with Crippen molar-refractivity contribution in [1.82, 2.24) is 15.6 Å². The number of rotatable bonds is 6. The number of hydrogen-bond donors (Lipinski definition) is 2. The Hall–Kier alpha value is -1.54. The van der Waals surface area contributed by atoms with Crippen LogP contribution in [0.4, 0.5) is 0 Å². The predicted molar refractivity (Wildman–Crippen MR) is 104 cm³/mol. The van der Waals surface area contributed by atoms with E-state index in [1.165, 1.54) is 11.3 Å². The minimum atomic E-state index is -0.150. The summed E-state index contributed by atoms with van der Waals surface area (Å²) < 4.78 is 11.1. The number of aromatic nitrogens is 1. The zero-order chi connectivity index (χ0) is 16.1. The van der Waals surface area contributed by atoms with Gasteiger partial charge in [-0.2, -0.15) is 0 Å². The Kier molecular flexibility index (Phi) is 8.99. The van der Waals surface area contributed by atoms with E-state index in [1.54, 1.807) is 5.38 Å². The first kappa shape index (κ1) is 21.5. The highest BCUT2D eigenvalue weighted by atomic mass is 35.5. The predicted octanol–water partition coefficient (Wildman–Crippen LogP) is 2.76. The average Bonchev–Trinajstić information content (AvgIpc) is 3.08. The van der Waals surface area contributed by atoms with Crippen LogP contribution in [0.15, 0.2) is 23.6 Å². The number of carbonyl (C=O) groups is 1. The summed E-state index contributed by atoms with van der Waals surface area (Å²) in [6.45, 7) is 5.38. The number of ether oxygens (including phenoxy) is 2. The molecule has 0 unspecified atom stereocenters. The molecule has 1 aliphatic heterocycles. The van der Waals surface area contributed by atoms with Crippen LogP contribution in [0.2, 0.25) is 0 Å². The molecule has 138 valence electrons. The fourth-order valence-electron chi connectivity index (χ4n) is 2.22. The Morgan fingerprint density at radius 1 is 1.20 bits per heavy atom. The smallest absolute Gasteiger partial charge is 0.270 e. The molecule has 0 radical (unpaired) electrons. The summed E-state index contributed by atoms with van der Waals surface area (Å²) >= 11 is 1.44. The van der Waals surface area contributed by atoms with Crippen molar-refractivity contribution in [2.45, 2.75) is 6.92 Å². The van der Waals surface area contributed by atoms with Gasteiger partial charge in [-0.25, -0.2) is 4.98 Å². The van der Waals surface area contributed by atoms with E-state index in [2.05, 4.69) is 15.6 Å². The number of benzene rings is 1. The molecule has 6 nitrogen and oxygen atoms in total. The third-order valence-electron chi connectivity index (χ3n) is 3.36. The van der Waals surface area contributed by atoms with Crippen LogP contribution in [0.1, 0.15) is 17.4 Å². The van der Waals surface area contributed by atoms with Crippen LogP contribution in [0.25, 0.3) is 10.6 Å². The third-order valence-corrected chi connectivity index (χ3v) is 4.25. The molecule has 2 N–H and O–H groups in total. The molecule has 2 aromatic rings. The van der Waals surface area contributed by atoms with Crippen molar-refractivity contribution in [1.29, 1.82) is 0 Å². The first-order valence-electron chi connectivity index (χ1n) is 7.62. The van der Waals surface area contributed by atoms with Crippen molar-refractivity contribution in [3.05, 3.63) is 29.3 Å². The van der Waals surface area contributed by atoms with Gasteiger partial charge in [-0.1, -0.05) is 6.92 Å². The summed E-state index contributed by atoms with van der Waals surface area (Å²) in [7, 11) is 0. The minimum Gasteiger partial charge on any atom is -0.486 e. The standard InChI is InChI=1S/C16H19N3O3S.2ClH/c1-2-17-5-6-18-15(20)12-10-23-16(19-12)11-3-4-13-14(9-11)22-8-7-21-13;;/h3-4,9-10,17H,2,5-8H2,1H3,(H,18,20);2*1H. The maximum Gasteiger partial charge on any atom is 0.270 e. The van der Waals surface area contributed by atoms with Gasteiger partial charge in [0.15, 0.2) is 11.5 Å². The number of nitrogens with zero attached hydrogens (tertiary/aromatic N) is 1. The normalized spacial score (nSPS) is 11.9. The van der Waals surface area contributed by atoms with Crippen molar-refractivity contribution in [2.24, 2.45) is 0 Å². The molecule has 3 rings (SSSR count). The zero-order valence-corrected chi connectivity index (χ0v) is 16.2. The highest BCUT2D eigenvalue weighted by molar-refractivity contribution is 7.13. The largest absolute Gasteiger partial charge is 0.486 e. The lowest BCUT2D eigenvalue weighted by Gasteiger charge is -2.18. The molecule has 0 saturated carbocycles. The Morgan fingerprint density at radius 2 is 1.96 bits per heavy atom. The lowest BCUT2D eigenvalue weighted by atomic mass is 10.2. The zero-order valence-electron chi connectivity index (χ0n) is 13.7. The molecule has 9 heteroatoms. The van der Waals surface area contributed by atoms with E-state index in [0.29, 0.717) is 25.5 Å². The number of halogens is 2. The molecule has 1 amide bonds. The Morgan fingerprint density at radius 3 is 2.72 bits per heavy atom. The van der Waals surface area contributed by atoms with Crippen molar-refractivity contribution in [2.75, 3.05) is 32.8 Å². The second-order valence-corrected chi connectivity index (χ2v) is 5.86. The van der Waals surface area contributed by atoms with Gasteiger partial charge in [-0.3, -0.25) is 4.79 Å². The molecule has 1 aliphatic rings. The van der Waals surface area contributed by atoms with Gasteiger partial charge in [-0.15, -0.1) is 36.2 Å². The lowest BCUT2D eigenvalue weighted by Crippen LogP contribution is -2.31. The molecule has 1 aromatic carbocycles. The second-order valence-electron chi connectivity index (χ2n) is 5.01. The van der Waals surface area contributed by atoms with Crippen LogP contribution in [0.5, 0.6) is 11.5 Å². The van der Waals surface area contributed by atoms with Gasteiger partial charge in [0.2, 0.25) is 0 Å². The quantitative estimate of drug-likeness (QED) is 0.722. The number of carbonyl (C=O) groups excluding carboxylic acids is 1. The molecular weight excluding hydrogens is 385 g/mol. The van der Waals surface area contributed by atoms with Gasteiger partial charge >= 0.3 is 0 Å². The van der Waals surface area contributed by atoms with Gasteiger partial charge < -0.3 is 20.1 Å². The van der Waals surface area contributed by atoms with E-state index in [1.807, 2.05) is 25.1 Å². The summed E-state index contributed by atoms with van der Waals surface area (Å²) in [6, 6.07) is 5.71. The molecule has 0 bridgehead atoms. The number of fused-ring (bicyclic) bond motifs is 1. The summed E-state index contributed by atoms with van der Waals surface area (Å²) in [5, 5.41) is 8.57. The van der Waals surface area contributed by atoms with E-state index in [-0.39, 0.29) is 30.7 Å². The summed E-state index contributed by atoms with van der Waals surface area (Å²) in [5.41, 5.74) is 1.36. The number of nitrogens with one attached hydrogen (secondary N) is 2. The minimum absolute atomic E-state index is 0. The van der Waals surface area contributed by atoms with Crippen LogP contribution in [-0.2, 0) is 0 Å². The maximum absolute atomic E-state index is 12.0. The lowest BCUT2D eigenvalue weighted by molar-refractivity contribution is 0.0950. The van der Waals surface area contributed by atoms with Crippen molar-refractivity contribution in [3.63, 3.8) is 0 Å². The average molecular weight is 406 g/mol. The van der Waals surface area contributed by atoms with E-state index in [9.17, 15) is 4.79 Å². The van der Waals surface area contributed by atoms with Crippen LogP contribution in [0, 0.1) is 0 Å². The molecule has 0 spiro atoms. The topological polar surface area (TPSA) is 72.5 Å². The molecule has 1 aromatic heterocycles. The third kappa shape index (κ3) is 5.47. The maximum atomic E-state index is 12.0. The van der Waals surface area contributed by atoms with E-state index < -0.39 is 0 Å². The highest BCUT2D eigenvalue weighted by Gasteiger charge is 2.15. The van der Waals surface area contributed by atoms with Crippen LogP contribution < -0.4 is 20.1 Å². The number of hydrogen-bond acceptors (Lipinski definition) is 6. The van der Waals surface area contributed by atoms with E-state index in [4.69, 9.17) is 9.47 Å². The van der Waals surface area contributed by atoms with E-state index >= 15 is 0 Å². The Bertz CT molecular complexity index is 697. The molecule has 0 aliphatic carbocycles. The molecule has 0 saturated heterocycles. The fourth-order valence-corrected chi connectivity index (χ4v) is 3.02. The number of thiazole rings is 1. The first-order valence-corrected chi connectivity index (χ1v) is 8.50. The highest BCUT2D eigenvalue weighted by Crippen LogP contribution is 2.35. The van der Waals surface area contributed by atoms with Crippen LogP contribution in [0.3, 0.4) is 0 Å². The van der Waals surface area contributed by atoms with Gasteiger partial charge in [0.25, 0.3) is 5.91 Å². The Labute approximate surface area is 163 Å². The van der Waals surface area contributed by atoms with Crippen LogP contribution in [-0.4, -0.2) is 43.7 Å². The van der Waals surface area contributed by atoms with Crippen LogP contribution >= 0.6 is 36.2 Å². The SMILES string of the molecule is CCNCCNC(=O)c1csc(-c2ccc3c(c2)OCCO3)n1.Cl.Cl. The fraction of sp³-hybridized carbons (Fsp3) is 0.375. The van der Waals surface area contributed by atoms with Gasteiger partial charge in [0.05, 0.1) is 0 Å². The van der Waals surface area contributed by atoms with Crippen molar-refractivity contribution < 1.29 is 14.3 Å². The molecular formula is C16H21Cl2N3O3S. The Balaban J connectivity index is 0.00000156. The number of amides is 1. The van der Waals surface area contributed by atoms with Gasteiger partial charge in [0.1, 0.15) is 23.9 Å². The number of likely N-dealkylation sites (N-methyl/N-ethyl adjacent to an activating group) is 1. The van der Waals surface area contributed by atoms with E-state index in [0.717, 1.165) is 35.2 Å². The summed E-state index contributed by atoms with van der Waals surface area (Å²) in [5.74, 6) is 1.32. The molecule has 0 atom stereocenters. The summed E-state index contributed by atoms with van der Waals surface area (Å²) in [6.07, 6.45) is 0. The first-order chi connectivity index (χ1) is 11.3.